The maximum absolute atomic E-state index is 13.9. The van der Waals surface area contributed by atoms with E-state index in [2.05, 4.69) is 6.92 Å². The van der Waals surface area contributed by atoms with Gasteiger partial charge in [0.05, 0.1) is 43.0 Å². The molecule has 2 aromatic heterocycles. The van der Waals surface area contributed by atoms with Gasteiger partial charge < -0.3 is 23.2 Å². The predicted molar refractivity (Wildman–Crippen MR) is 145 cm³/mol. The van der Waals surface area contributed by atoms with Crippen LogP contribution in [0.3, 0.4) is 0 Å². The molecule has 1 atom stereocenters. The summed E-state index contributed by atoms with van der Waals surface area (Å²) in [7, 11) is 0. The first-order chi connectivity index (χ1) is 18.4. The van der Waals surface area contributed by atoms with E-state index >= 15 is 0 Å². The molecule has 3 heterocycles. The molecule has 0 spiro atoms. The van der Waals surface area contributed by atoms with E-state index in [1.165, 1.54) is 0 Å². The Hall–Kier alpha value is -4.00. The van der Waals surface area contributed by atoms with Crippen LogP contribution in [0, 0.1) is 13.8 Å². The molecule has 1 aliphatic rings. The Morgan fingerprint density at radius 1 is 0.947 bits per heavy atom. The molecular weight excluding hydrogens is 482 g/mol. The first-order valence-corrected chi connectivity index (χ1v) is 13.2. The normalized spacial score (nSPS) is 14.8. The molecule has 7 nitrogen and oxygen atoms in total. The van der Waals surface area contributed by atoms with Crippen LogP contribution in [0.15, 0.2) is 62.4 Å². The zero-order valence-corrected chi connectivity index (χ0v) is 22.3. The standard InChI is InChI=1S/C31H33NO6/c1-5-7-8-13-37-24-12-11-21(17-26(24)35-6-2)28-27-29(33)23-15-19(3)20(4)16-25(23)38-30(27)31(34)32(28)18-22-10-9-14-36-22/h9-12,14-17,28H,5-8,13,18H2,1-4H3. The summed E-state index contributed by atoms with van der Waals surface area (Å²) in [5, 5.41) is 0.463. The van der Waals surface area contributed by atoms with Crippen molar-refractivity contribution in [2.45, 2.75) is 59.5 Å². The third kappa shape index (κ3) is 4.69. The number of benzene rings is 2. The van der Waals surface area contributed by atoms with Crippen molar-refractivity contribution in [3.05, 3.63) is 92.7 Å². The van der Waals surface area contributed by atoms with Gasteiger partial charge in [-0.25, -0.2) is 0 Å². The monoisotopic (exact) mass is 515 g/mol. The number of rotatable bonds is 10. The average Bonchev–Trinajstić information content (AvgIpc) is 3.51. The van der Waals surface area contributed by atoms with E-state index in [1.54, 1.807) is 17.2 Å². The van der Waals surface area contributed by atoms with E-state index < -0.39 is 6.04 Å². The lowest BCUT2D eigenvalue weighted by atomic mass is 9.97. The number of ether oxygens (including phenoxy) is 2. The van der Waals surface area contributed by atoms with E-state index in [-0.39, 0.29) is 23.6 Å². The summed E-state index contributed by atoms with van der Waals surface area (Å²) in [6, 6.07) is 12.2. The van der Waals surface area contributed by atoms with Gasteiger partial charge in [0, 0.05) is 0 Å². The summed E-state index contributed by atoms with van der Waals surface area (Å²) < 4.78 is 23.6. The number of hydrogen-bond donors (Lipinski definition) is 0. The van der Waals surface area contributed by atoms with Crippen LogP contribution in [0.4, 0.5) is 0 Å². The summed E-state index contributed by atoms with van der Waals surface area (Å²) in [4.78, 5) is 29.3. The highest BCUT2D eigenvalue weighted by atomic mass is 16.5. The molecule has 0 fully saturated rings. The van der Waals surface area contributed by atoms with Crippen molar-refractivity contribution in [2.75, 3.05) is 13.2 Å². The van der Waals surface area contributed by atoms with Crippen molar-refractivity contribution in [3.63, 3.8) is 0 Å². The fraction of sp³-hybridized carbons (Fsp3) is 0.355. The minimum atomic E-state index is -0.668. The SMILES string of the molecule is CCCCCOc1ccc(C2c3c(oc4cc(C)c(C)cc4c3=O)C(=O)N2Cc2ccco2)cc1OCC. The van der Waals surface area contributed by atoms with Crippen LogP contribution < -0.4 is 14.9 Å². The van der Waals surface area contributed by atoms with Gasteiger partial charge in [-0.15, -0.1) is 0 Å². The van der Waals surface area contributed by atoms with Gasteiger partial charge in [-0.1, -0.05) is 25.8 Å². The van der Waals surface area contributed by atoms with Crippen LogP contribution in [0.25, 0.3) is 11.0 Å². The van der Waals surface area contributed by atoms with Gasteiger partial charge in [-0.2, -0.15) is 0 Å². The van der Waals surface area contributed by atoms with Crippen molar-refractivity contribution in [2.24, 2.45) is 0 Å². The summed E-state index contributed by atoms with van der Waals surface area (Å²) in [6.45, 7) is 9.22. The number of unbranched alkanes of at least 4 members (excludes halogenated alkanes) is 2. The third-order valence-corrected chi connectivity index (χ3v) is 7.08. The first kappa shape index (κ1) is 25.6. The Kier molecular flexibility index (Phi) is 7.27. The highest BCUT2D eigenvalue weighted by Gasteiger charge is 2.43. The Bertz CT molecular complexity index is 1520. The number of hydrogen-bond acceptors (Lipinski definition) is 6. The zero-order chi connectivity index (χ0) is 26.8. The van der Waals surface area contributed by atoms with E-state index in [9.17, 15) is 9.59 Å². The molecule has 38 heavy (non-hydrogen) atoms. The lowest BCUT2D eigenvalue weighted by Crippen LogP contribution is -2.29. The number of amides is 1. The molecule has 0 saturated heterocycles. The highest BCUT2D eigenvalue weighted by molar-refractivity contribution is 5.99. The Morgan fingerprint density at radius 3 is 2.50 bits per heavy atom. The second kappa shape index (κ2) is 10.8. The van der Waals surface area contributed by atoms with Gasteiger partial charge >= 0.3 is 0 Å². The Labute approximate surface area is 222 Å². The molecule has 0 radical (unpaired) electrons. The molecule has 0 aliphatic carbocycles. The van der Waals surface area contributed by atoms with E-state index in [4.69, 9.17) is 18.3 Å². The summed E-state index contributed by atoms with van der Waals surface area (Å²) >= 11 is 0. The van der Waals surface area contributed by atoms with Gasteiger partial charge in [-0.05, 0) is 80.3 Å². The molecule has 1 amide bonds. The summed E-state index contributed by atoms with van der Waals surface area (Å²) in [6.07, 6.45) is 4.72. The molecule has 1 unspecified atom stereocenters. The Morgan fingerprint density at radius 2 is 1.76 bits per heavy atom. The number of furan rings is 1. The average molecular weight is 516 g/mol. The zero-order valence-electron chi connectivity index (χ0n) is 22.3. The van der Waals surface area contributed by atoms with E-state index in [0.29, 0.717) is 47.0 Å². The number of carbonyl (C=O) groups is 1. The number of nitrogens with zero attached hydrogens (tertiary/aromatic N) is 1. The molecule has 0 saturated carbocycles. The molecule has 2 aromatic carbocycles. The molecule has 0 N–H and O–H groups in total. The smallest absolute Gasteiger partial charge is 0.291 e. The van der Waals surface area contributed by atoms with Crippen molar-refractivity contribution in [3.8, 4) is 11.5 Å². The van der Waals surface area contributed by atoms with Crippen molar-refractivity contribution < 1.29 is 23.1 Å². The highest BCUT2D eigenvalue weighted by Crippen LogP contribution is 2.42. The molecular formula is C31H33NO6. The topological polar surface area (TPSA) is 82.1 Å². The van der Waals surface area contributed by atoms with E-state index in [1.807, 2.05) is 57.2 Å². The van der Waals surface area contributed by atoms with Gasteiger partial charge in [0.1, 0.15) is 11.3 Å². The van der Waals surface area contributed by atoms with Gasteiger partial charge in [0.2, 0.25) is 5.76 Å². The molecule has 1 aliphatic heterocycles. The second-order valence-corrected chi connectivity index (χ2v) is 9.72. The van der Waals surface area contributed by atoms with Gasteiger partial charge in [0.15, 0.2) is 16.9 Å². The maximum Gasteiger partial charge on any atom is 0.291 e. The number of carbonyl (C=O) groups excluding carboxylic acids is 1. The molecule has 7 heteroatoms. The fourth-order valence-corrected chi connectivity index (χ4v) is 4.97. The third-order valence-electron chi connectivity index (χ3n) is 7.08. The first-order valence-electron chi connectivity index (χ1n) is 13.2. The predicted octanol–water partition coefficient (Wildman–Crippen LogP) is 6.72. The minimum Gasteiger partial charge on any atom is -0.490 e. The van der Waals surface area contributed by atoms with Crippen molar-refractivity contribution in [1.82, 2.24) is 4.90 Å². The van der Waals surface area contributed by atoms with Crippen molar-refractivity contribution >= 4 is 16.9 Å². The largest absolute Gasteiger partial charge is 0.490 e. The van der Waals surface area contributed by atoms with Crippen LogP contribution in [-0.2, 0) is 6.54 Å². The second-order valence-electron chi connectivity index (χ2n) is 9.72. The summed E-state index contributed by atoms with van der Waals surface area (Å²) in [5.74, 6) is 1.56. The maximum atomic E-state index is 13.9. The molecule has 4 aromatic rings. The molecule has 5 rings (SSSR count). The lowest BCUT2D eigenvalue weighted by Gasteiger charge is -2.25. The van der Waals surface area contributed by atoms with Crippen LogP contribution in [0.5, 0.6) is 11.5 Å². The van der Waals surface area contributed by atoms with Crippen molar-refractivity contribution in [1.29, 1.82) is 0 Å². The quantitative estimate of drug-likeness (QED) is 0.218. The number of fused-ring (bicyclic) bond motifs is 2. The fourth-order valence-electron chi connectivity index (χ4n) is 4.97. The lowest BCUT2D eigenvalue weighted by molar-refractivity contribution is 0.0701. The molecule has 0 bridgehead atoms. The number of aryl methyl sites for hydroxylation is 2. The molecule has 198 valence electrons. The minimum absolute atomic E-state index is 0.0696. The van der Waals surface area contributed by atoms with Crippen LogP contribution in [-0.4, -0.2) is 24.0 Å². The van der Waals surface area contributed by atoms with Gasteiger partial charge in [-0.3, -0.25) is 9.59 Å². The van der Waals surface area contributed by atoms with Crippen LogP contribution in [0.1, 0.15) is 77.7 Å². The van der Waals surface area contributed by atoms with Crippen LogP contribution >= 0.6 is 0 Å². The Balaban J connectivity index is 1.64. The van der Waals surface area contributed by atoms with Gasteiger partial charge in [0.25, 0.3) is 5.91 Å². The van der Waals surface area contributed by atoms with E-state index in [0.717, 1.165) is 36.0 Å². The van der Waals surface area contributed by atoms with Crippen LogP contribution in [0.2, 0.25) is 0 Å². The summed E-state index contributed by atoms with van der Waals surface area (Å²) in [5.41, 5.74) is 3.25.